The van der Waals surface area contributed by atoms with E-state index < -0.39 is 0 Å². The van der Waals surface area contributed by atoms with E-state index in [1.807, 2.05) is 0 Å². The van der Waals surface area contributed by atoms with Crippen LogP contribution in [0.1, 0.15) is 43.7 Å². The van der Waals surface area contributed by atoms with Crippen LogP contribution in [0.15, 0.2) is 24.3 Å². The first kappa shape index (κ1) is 18.4. The normalized spacial score (nSPS) is 8.75. The van der Waals surface area contributed by atoms with Gasteiger partial charge in [0.1, 0.15) is 0 Å². The molecule has 0 saturated heterocycles. The van der Waals surface area contributed by atoms with E-state index in [9.17, 15) is 0 Å². The van der Waals surface area contributed by atoms with Gasteiger partial charge >= 0.3 is 23.1 Å². The van der Waals surface area contributed by atoms with E-state index in [0.717, 1.165) is 12.8 Å². The molecular formula is C15H24Mg. The number of hydrogen-bond donors (Lipinski definition) is 0. The first-order valence-corrected chi connectivity index (χ1v) is 5.88. The molecule has 0 atom stereocenters. The summed E-state index contributed by atoms with van der Waals surface area (Å²) in [5, 5.41) is 0. The molecule has 0 aliphatic carbocycles. The van der Waals surface area contributed by atoms with Crippen molar-refractivity contribution in [1.29, 1.82) is 0 Å². The zero-order chi connectivity index (χ0) is 11.5. The summed E-state index contributed by atoms with van der Waals surface area (Å²) in [7, 11) is 0. The largest absolute Gasteiger partial charge is 2.00 e. The van der Waals surface area contributed by atoms with Crippen LogP contribution in [0.5, 0.6) is 0 Å². The Morgan fingerprint density at radius 2 is 1.50 bits per heavy atom. The summed E-state index contributed by atoms with van der Waals surface area (Å²) < 4.78 is 0. The predicted octanol–water partition coefficient (Wildman–Crippen LogP) is 4.39. The first-order valence-electron chi connectivity index (χ1n) is 5.88. The van der Waals surface area contributed by atoms with Gasteiger partial charge in [0, 0.05) is 0 Å². The number of aryl methyl sites for hydroxylation is 2. The molecule has 86 valence electrons. The summed E-state index contributed by atoms with van der Waals surface area (Å²) in [5.74, 6) is 0. The van der Waals surface area contributed by atoms with Gasteiger partial charge in [-0.2, -0.15) is 12.8 Å². The van der Waals surface area contributed by atoms with Crippen molar-refractivity contribution in [2.45, 2.75) is 46.0 Å². The van der Waals surface area contributed by atoms with Crippen LogP contribution in [0, 0.1) is 20.8 Å². The van der Waals surface area contributed by atoms with E-state index in [-0.39, 0.29) is 23.1 Å². The summed E-state index contributed by atoms with van der Waals surface area (Å²) in [6.45, 7) is 11.7. The third-order valence-electron chi connectivity index (χ3n) is 2.19. The fraction of sp³-hybridized carbons (Fsp3) is 0.467. The van der Waals surface area contributed by atoms with Crippen molar-refractivity contribution in [3.05, 3.63) is 49.2 Å². The molecule has 1 rings (SSSR count). The second-order valence-electron chi connectivity index (χ2n) is 3.80. The summed E-state index contributed by atoms with van der Waals surface area (Å²) in [6, 6.07) is 8.73. The summed E-state index contributed by atoms with van der Waals surface area (Å²) in [5.41, 5.74) is 2.77. The molecule has 0 radical (unpaired) electrons. The quantitative estimate of drug-likeness (QED) is 0.530. The summed E-state index contributed by atoms with van der Waals surface area (Å²) in [6.07, 6.45) is 5.68. The average molecular weight is 229 g/mol. The molecule has 1 aromatic rings. The molecule has 0 saturated carbocycles. The van der Waals surface area contributed by atoms with Gasteiger partial charge in [-0.1, -0.05) is 49.6 Å². The SMILES string of the molecule is [CH2-]CCC.[CH2-]CCCc1ccc(C)cc1.[Mg+2]. The maximum absolute atomic E-state index is 3.82. The van der Waals surface area contributed by atoms with Crippen LogP contribution in [0.3, 0.4) is 0 Å². The van der Waals surface area contributed by atoms with E-state index in [2.05, 4.69) is 52.0 Å². The smallest absolute Gasteiger partial charge is 0.343 e. The van der Waals surface area contributed by atoms with E-state index >= 15 is 0 Å². The van der Waals surface area contributed by atoms with Crippen molar-refractivity contribution in [2.75, 3.05) is 0 Å². The second kappa shape index (κ2) is 13.1. The van der Waals surface area contributed by atoms with Gasteiger partial charge in [-0.05, 0) is 18.9 Å². The van der Waals surface area contributed by atoms with Crippen LogP contribution in [0.2, 0.25) is 0 Å². The van der Waals surface area contributed by atoms with E-state index in [4.69, 9.17) is 0 Å². The van der Waals surface area contributed by atoms with Crippen LogP contribution in [-0.2, 0) is 6.42 Å². The number of benzene rings is 1. The van der Waals surface area contributed by atoms with Crippen LogP contribution >= 0.6 is 0 Å². The predicted molar refractivity (Wildman–Crippen MR) is 75.5 cm³/mol. The zero-order valence-electron chi connectivity index (χ0n) is 11.0. The Morgan fingerprint density at radius 1 is 1.00 bits per heavy atom. The zero-order valence-corrected chi connectivity index (χ0v) is 12.4. The molecular weight excluding hydrogens is 204 g/mol. The molecule has 1 aromatic carbocycles. The topological polar surface area (TPSA) is 0 Å². The monoisotopic (exact) mass is 228 g/mol. The molecule has 0 heterocycles. The maximum atomic E-state index is 3.82. The van der Waals surface area contributed by atoms with Gasteiger partial charge < -0.3 is 13.8 Å². The van der Waals surface area contributed by atoms with E-state index in [0.29, 0.717) is 0 Å². The first-order chi connectivity index (χ1) is 7.24. The minimum absolute atomic E-state index is 0. The minimum Gasteiger partial charge on any atom is -0.343 e. The molecule has 0 N–H and O–H groups in total. The van der Waals surface area contributed by atoms with Crippen LogP contribution < -0.4 is 0 Å². The Bertz CT molecular complexity index is 224. The molecule has 1 heteroatoms. The van der Waals surface area contributed by atoms with Gasteiger partial charge in [0.05, 0.1) is 0 Å². The fourth-order valence-electron chi connectivity index (χ4n) is 1.08. The third-order valence-corrected chi connectivity index (χ3v) is 2.19. The Hall–Kier alpha value is -0.0138. The maximum Gasteiger partial charge on any atom is 2.00 e. The van der Waals surface area contributed by atoms with Gasteiger partial charge in [-0.15, -0.1) is 0 Å². The van der Waals surface area contributed by atoms with Crippen molar-refractivity contribution in [3.63, 3.8) is 0 Å². The molecule has 0 bridgehead atoms. The van der Waals surface area contributed by atoms with Gasteiger partial charge in [-0.3, -0.25) is 0 Å². The van der Waals surface area contributed by atoms with Crippen molar-refractivity contribution in [3.8, 4) is 0 Å². The molecule has 0 nitrogen and oxygen atoms in total. The van der Waals surface area contributed by atoms with Crippen molar-refractivity contribution < 1.29 is 0 Å². The average Bonchev–Trinajstić information content (AvgIpc) is 2.29. The summed E-state index contributed by atoms with van der Waals surface area (Å²) >= 11 is 0. The van der Waals surface area contributed by atoms with Gasteiger partial charge in [0.2, 0.25) is 0 Å². The molecule has 16 heavy (non-hydrogen) atoms. The third kappa shape index (κ3) is 10.5. The number of rotatable bonds is 4. The number of unbranched alkanes of at least 4 members (excludes halogenated alkanes) is 2. The molecule has 0 aliphatic heterocycles. The van der Waals surface area contributed by atoms with Gasteiger partial charge in [0.25, 0.3) is 0 Å². The van der Waals surface area contributed by atoms with Crippen LogP contribution in [0.4, 0.5) is 0 Å². The second-order valence-corrected chi connectivity index (χ2v) is 3.80. The van der Waals surface area contributed by atoms with Gasteiger partial charge in [-0.25, -0.2) is 0 Å². The molecule has 0 spiro atoms. The van der Waals surface area contributed by atoms with Crippen molar-refractivity contribution in [2.24, 2.45) is 0 Å². The molecule has 0 aliphatic rings. The molecule has 0 unspecified atom stereocenters. The van der Waals surface area contributed by atoms with Crippen LogP contribution in [-0.4, -0.2) is 23.1 Å². The van der Waals surface area contributed by atoms with Crippen molar-refractivity contribution >= 4 is 23.1 Å². The molecule has 0 amide bonds. The Labute approximate surface area is 118 Å². The summed E-state index contributed by atoms with van der Waals surface area (Å²) in [4.78, 5) is 0. The Balaban J connectivity index is 0. The van der Waals surface area contributed by atoms with E-state index in [1.165, 1.54) is 30.4 Å². The Morgan fingerprint density at radius 3 is 1.88 bits per heavy atom. The minimum atomic E-state index is 0. The molecule has 0 aromatic heterocycles. The standard InChI is InChI=1S/C11H15.C4H9.Mg/c1-3-4-5-11-8-6-10(2)7-9-11;1-3-4-2;/h6-9H,1,3-5H2,2H3;1,3-4H2,2H3;/q2*-1;+2. The van der Waals surface area contributed by atoms with Crippen LogP contribution in [0.25, 0.3) is 0 Å². The van der Waals surface area contributed by atoms with Crippen molar-refractivity contribution in [1.82, 2.24) is 0 Å². The number of hydrogen-bond acceptors (Lipinski definition) is 0. The van der Waals surface area contributed by atoms with Gasteiger partial charge in [0.15, 0.2) is 0 Å². The van der Waals surface area contributed by atoms with E-state index in [1.54, 1.807) is 0 Å². The fourth-order valence-corrected chi connectivity index (χ4v) is 1.08. The molecule has 0 fully saturated rings. The Kier molecular flexibility index (Phi) is 15.0.